The minimum absolute atomic E-state index is 1.01. The minimum Gasteiger partial charge on any atom is -0.162 e. The van der Waals surface area contributed by atoms with Gasteiger partial charge in [-0.05, 0) is 42.8 Å². The van der Waals surface area contributed by atoms with Crippen LogP contribution in [0.3, 0.4) is 0 Å². The van der Waals surface area contributed by atoms with Gasteiger partial charge in [0.2, 0.25) is 0 Å². The molecule has 0 aromatic rings. The first-order chi connectivity index (χ1) is 4.91. The van der Waals surface area contributed by atoms with E-state index in [-0.39, 0.29) is 0 Å². The fraction of sp³-hybridized carbons (Fsp3) is 0.750. The molecular formula is C8H16S2. The van der Waals surface area contributed by atoms with Gasteiger partial charge in [-0.25, -0.2) is 0 Å². The summed E-state index contributed by atoms with van der Waals surface area (Å²) in [6.07, 6.45) is 2.39. The largest absolute Gasteiger partial charge is 0.162 e. The predicted octanol–water partition coefficient (Wildman–Crippen LogP) is 2.90. The fourth-order valence-corrected chi connectivity index (χ4v) is 2.06. The molecule has 0 unspecified atom stereocenters. The second kappa shape index (κ2) is 9.70. The van der Waals surface area contributed by atoms with E-state index in [2.05, 4.69) is 13.8 Å². The van der Waals surface area contributed by atoms with Gasteiger partial charge in [0.1, 0.15) is 0 Å². The Balaban J connectivity index is 2.65. The van der Waals surface area contributed by atoms with Crippen molar-refractivity contribution in [2.45, 2.75) is 12.8 Å². The highest BCUT2D eigenvalue weighted by atomic mass is 32.2. The van der Waals surface area contributed by atoms with Crippen molar-refractivity contribution >= 4 is 23.5 Å². The lowest BCUT2D eigenvalue weighted by Gasteiger charge is -1.97. The minimum atomic E-state index is 1.01. The first-order valence-corrected chi connectivity index (χ1v) is 5.96. The van der Waals surface area contributed by atoms with Crippen LogP contribution < -0.4 is 0 Å². The van der Waals surface area contributed by atoms with Gasteiger partial charge in [-0.1, -0.05) is 6.92 Å². The Bertz CT molecular complexity index is 47.2. The molecular weight excluding hydrogens is 160 g/mol. The summed E-state index contributed by atoms with van der Waals surface area (Å²) in [4.78, 5) is 0. The number of hydrogen-bond acceptors (Lipinski definition) is 2. The molecule has 0 fully saturated rings. The van der Waals surface area contributed by atoms with Gasteiger partial charge in [-0.15, -0.1) is 0 Å². The van der Waals surface area contributed by atoms with E-state index in [1.807, 2.05) is 23.5 Å². The van der Waals surface area contributed by atoms with Gasteiger partial charge in [0.05, 0.1) is 0 Å². The first kappa shape index (κ1) is 10.7. The highest BCUT2D eigenvalue weighted by Gasteiger charge is 1.87. The van der Waals surface area contributed by atoms with E-state index >= 15 is 0 Å². The van der Waals surface area contributed by atoms with Crippen molar-refractivity contribution in [3.05, 3.63) is 13.8 Å². The number of rotatable bonds is 7. The molecule has 0 rings (SSSR count). The first-order valence-electron chi connectivity index (χ1n) is 3.65. The maximum atomic E-state index is 3.78. The summed E-state index contributed by atoms with van der Waals surface area (Å²) in [5, 5.41) is 0. The summed E-state index contributed by atoms with van der Waals surface area (Å²) in [5.74, 6) is 4.80. The van der Waals surface area contributed by atoms with E-state index in [1.165, 1.54) is 23.7 Å². The van der Waals surface area contributed by atoms with Crippen LogP contribution in [0.2, 0.25) is 0 Å². The molecule has 0 nitrogen and oxygen atoms in total. The lowest BCUT2D eigenvalue weighted by atomic mass is 10.6. The zero-order chi connectivity index (χ0) is 7.66. The van der Waals surface area contributed by atoms with Gasteiger partial charge in [0, 0.05) is 0 Å². The van der Waals surface area contributed by atoms with E-state index in [4.69, 9.17) is 0 Å². The average molecular weight is 176 g/mol. The lowest BCUT2D eigenvalue weighted by Crippen LogP contribution is -1.85. The van der Waals surface area contributed by atoms with Crippen LogP contribution in [0.5, 0.6) is 0 Å². The van der Waals surface area contributed by atoms with Gasteiger partial charge >= 0.3 is 0 Å². The summed E-state index contributed by atoms with van der Waals surface area (Å²) in [5.41, 5.74) is 0. The van der Waals surface area contributed by atoms with Crippen LogP contribution in [0.1, 0.15) is 12.8 Å². The number of thioether (sulfide) groups is 2. The molecule has 2 heteroatoms. The maximum absolute atomic E-state index is 3.78. The zero-order valence-corrected chi connectivity index (χ0v) is 8.11. The van der Waals surface area contributed by atoms with Crippen LogP contribution >= 0.6 is 23.5 Å². The van der Waals surface area contributed by atoms with Gasteiger partial charge in [0.15, 0.2) is 0 Å². The third-order valence-electron chi connectivity index (χ3n) is 1.01. The van der Waals surface area contributed by atoms with Crippen molar-refractivity contribution in [3.63, 3.8) is 0 Å². The Morgan fingerprint density at radius 2 is 1.60 bits per heavy atom. The van der Waals surface area contributed by atoms with Crippen LogP contribution in [-0.4, -0.2) is 23.0 Å². The summed E-state index contributed by atoms with van der Waals surface area (Å²) in [6.45, 7) is 7.55. The number of hydrogen-bond donors (Lipinski definition) is 0. The molecule has 0 amide bonds. The molecule has 0 saturated carbocycles. The Morgan fingerprint density at radius 1 is 0.900 bits per heavy atom. The Labute approximate surface area is 73.5 Å². The summed E-state index contributed by atoms with van der Waals surface area (Å²) in [7, 11) is 0. The van der Waals surface area contributed by atoms with Crippen molar-refractivity contribution < 1.29 is 0 Å². The highest BCUT2D eigenvalue weighted by molar-refractivity contribution is 8.00. The normalized spacial score (nSPS) is 10.2. The van der Waals surface area contributed by atoms with E-state index in [0.29, 0.717) is 0 Å². The molecule has 0 aliphatic rings. The monoisotopic (exact) mass is 176 g/mol. The second-order valence-corrected chi connectivity index (χ2v) is 4.38. The third-order valence-corrected chi connectivity index (χ3v) is 3.03. The van der Waals surface area contributed by atoms with Crippen molar-refractivity contribution in [2.24, 2.45) is 0 Å². The van der Waals surface area contributed by atoms with Crippen molar-refractivity contribution in [3.8, 4) is 0 Å². The van der Waals surface area contributed by atoms with Crippen LogP contribution in [0.25, 0.3) is 0 Å². The topological polar surface area (TPSA) is 0 Å². The Hall–Kier alpha value is 0.700. The predicted molar refractivity (Wildman–Crippen MR) is 54.6 cm³/mol. The van der Waals surface area contributed by atoms with Crippen molar-refractivity contribution in [1.29, 1.82) is 0 Å². The summed E-state index contributed by atoms with van der Waals surface area (Å²) < 4.78 is 0. The van der Waals surface area contributed by atoms with Gasteiger partial charge in [0.25, 0.3) is 0 Å². The molecule has 0 N–H and O–H groups in total. The van der Waals surface area contributed by atoms with Crippen LogP contribution in [0.4, 0.5) is 0 Å². The van der Waals surface area contributed by atoms with Gasteiger partial charge in [-0.3, -0.25) is 0 Å². The molecule has 0 aliphatic heterocycles. The highest BCUT2D eigenvalue weighted by Crippen LogP contribution is 2.07. The fourth-order valence-electron chi connectivity index (χ4n) is 0.569. The zero-order valence-electron chi connectivity index (χ0n) is 6.47. The average Bonchev–Trinajstić information content (AvgIpc) is 1.97. The van der Waals surface area contributed by atoms with Crippen LogP contribution in [0, 0.1) is 13.8 Å². The molecule has 0 atom stereocenters. The van der Waals surface area contributed by atoms with Crippen LogP contribution in [-0.2, 0) is 0 Å². The SMILES string of the molecule is [CH2]CCSCCCSC[CH2]. The standard InChI is InChI=1S/C8H16S2/c1-3-6-10-8-5-7-9-4-2/h1-8H2. The molecule has 0 spiro atoms. The van der Waals surface area contributed by atoms with Crippen molar-refractivity contribution in [2.75, 3.05) is 23.0 Å². The Kier molecular flexibility index (Phi) is 10.4. The van der Waals surface area contributed by atoms with Crippen molar-refractivity contribution in [1.82, 2.24) is 0 Å². The van der Waals surface area contributed by atoms with Crippen LogP contribution in [0.15, 0.2) is 0 Å². The van der Waals surface area contributed by atoms with Gasteiger partial charge in [-0.2, -0.15) is 23.5 Å². The van der Waals surface area contributed by atoms with E-state index in [0.717, 1.165) is 12.2 Å². The molecule has 0 bridgehead atoms. The van der Waals surface area contributed by atoms with E-state index in [1.54, 1.807) is 0 Å². The van der Waals surface area contributed by atoms with E-state index < -0.39 is 0 Å². The summed E-state index contributed by atoms with van der Waals surface area (Å²) >= 11 is 3.93. The Morgan fingerprint density at radius 3 is 2.20 bits per heavy atom. The molecule has 2 radical (unpaired) electrons. The quantitative estimate of drug-likeness (QED) is 0.547. The molecule has 0 saturated heterocycles. The molecule has 0 aromatic carbocycles. The third kappa shape index (κ3) is 8.70. The molecule has 10 heavy (non-hydrogen) atoms. The molecule has 0 aliphatic carbocycles. The van der Waals surface area contributed by atoms with Gasteiger partial charge < -0.3 is 0 Å². The molecule has 60 valence electrons. The smallest absolute Gasteiger partial charge is 0.00597 e. The van der Waals surface area contributed by atoms with E-state index in [9.17, 15) is 0 Å². The molecule has 0 heterocycles. The second-order valence-electron chi connectivity index (χ2n) is 1.93. The maximum Gasteiger partial charge on any atom is -0.00597 e. The molecule has 0 aromatic heterocycles. The summed E-state index contributed by atoms with van der Waals surface area (Å²) in [6, 6.07) is 0. The lowest BCUT2D eigenvalue weighted by molar-refractivity contribution is 1.12.